The average Bonchev–Trinajstić information content (AvgIpc) is 2.38. The highest BCUT2D eigenvalue weighted by Crippen LogP contribution is 2.18. The molecule has 0 radical (unpaired) electrons. The zero-order valence-electron chi connectivity index (χ0n) is 10.7. The van der Waals surface area contributed by atoms with E-state index in [0.717, 1.165) is 29.4 Å². The van der Waals surface area contributed by atoms with Crippen molar-refractivity contribution in [2.45, 2.75) is 38.8 Å². The minimum atomic E-state index is 0.0537. The lowest BCUT2D eigenvalue weighted by Gasteiger charge is -2.33. The fourth-order valence-electron chi connectivity index (χ4n) is 2.31. The van der Waals surface area contributed by atoms with Crippen LogP contribution in [0.2, 0.25) is 0 Å². The second-order valence-electron chi connectivity index (χ2n) is 4.79. The van der Waals surface area contributed by atoms with E-state index in [1.165, 1.54) is 6.42 Å². The Hall–Kier alpha value is -1.03. The van der Waals surface area contributed by atoms with Crippen LogP contribution in [0.4, 0.5) is 4.79 Å². The first kappa shape index (κ1) is 13.4. The highest BCUT2D eigenvalue weighted by Gasteiger charge is 2.22. The number of carbonyl (C=O) groups excluding carboxylic acids is 1. The molecule has 2 rings (SSSR count). The van der Waals surface area contributed by atoms with Crippen LogP contribution in [-0.2, 0) is 6.54 Å². The van der Waals surface area contributed by atoms with E-state index in [1.54, 1.807) is 0 Å². The minimum absolute atomic E-state index is 0.0537. The highest BCUT2D eigenvalue weighted by atomic mass is 79.9. The van der Waals surface area contributed by atoms with Gasteiger partial charge in [0.2, 0.25) is 0 Å². The number of likely N-dealkylation sites (tertiary alicyclic amines) is 1. The largest absolute Gasteiger partial charge is 0.334 e. The predicted molar refractivity (Wildman–Crippen MR) is 76.4 cm³/mol. The summed E-state index contributed by atoms with van der Waals surface area (Å²) in [5, 5.41) is 3.00. The lowest BCUT2D eigenvalue weighted by molar-refractivity contribution is 0.158. The molecule has 3 nitrogen and oxygen atoms in total. The standard InChI is InChI=1S/C14H19BrN2O/c1-11-6-4-5-9-17(11)14(18)16-10-12-7-2-3-8-13(12)15/h2-3,7-8,11H,4-6,9-10H2,1H3,(H,16,18). The van der Waals surface area contributed by atoms with Crippen LogP contribution >= 0.6 is 15.9 Å². The summed E-state index contributed by atoms with van der Waals surface area (Å²) in [5.74, 6) is 0. The number of nitrogens with one attached hydrogen (secondary N) is 1. The average molecular weight is 311 g/mol. The van der Waals surface area contributed by atoms with Crippen molar-refractivity contribution in [1.29, 1.82) is 0 Å². The van der Waals surface area contributed by atoms with E-state index in [2.05, 4.69) is 28.2 Å². The van der Waals surface area contributed by atoms with Crippen LogP contribution in [0.25, 0.3) is 0 Å². The third kappa shape index (κ3) is 3.25. The number of rotatable bonds is 2. The Balaban J connectivity index is 1.90. The molecule has 98 valence electrons. The van der Waals surface area contributed by atoms with Gasteiger partial charge in [-0.15, -0.1) is 0 Å². The number of hydrogen-bond donors (Lipinski definition) is 1. The van der Waals surface area contributed by atoms with Crippen molar-refractivity contribution in [3.63, 3.8) is 0 Å². The SMILES string of the molecule is CC1CCCCN1C(=O)NCc1ccccc1Br. The summed E-state index contributed by atoms with van der Waals surface area (Å²) in [6, 6.07) is 8.38. The first-order valence-corrected chi connectivity index (χ1v) is 7.25. The minimum Gasteiger partial charge on any atom is -0.334 e. The second kappa shape index (κ2) is 6.23. The molecule has 4 heteroatoms. The number of benzene rings is 1. The van der Waals surface area contributed by atoms with E-state index in [4.69, 9.17) is 0 Å². The molecule has 1 unspecified atom stereocenters. The summed E-state index contributed by atoms with van der Waals surface area (Å²) < 4.78 is 1.04. The van der Waals surface area contributed by atoms with Gasteiger partial charge in [-0.25, -0.2) is 4.79 Å². The number of amides is 2. The van der Waals surface area contributed by atoms with Gasteiger partial charge in [-0.1, -0.05) is 34.1 Å². The van der Waals surface area contributed by atoms with Crippen LogP contribution in [0.3, 0.4) is 0 Å². The van der Waals surface area contributed by atoms with E-state index >= 15 is 0 Å². The van der Waals surface area contributed by atoms with Gasteiger partial charge >= 0.3 is 6.03 Å². The van der Waals surface area contributed by atoms with E-state index < -0.39 is 0 Å². The van der Waals surface area contributed by atoms with Gasteiger partial charge in [0.05, 0.1) is 0 Å². The van der Waals surface area contributed by atoms with Gasteiger partial charge in [-0.3, -0.25) is 0 Å². The first-order chi connectivity index (χ1) is 8.68. The molecule has 1 heterocycles. The zero-order chi connectivity index (χ0) is 13.0. The van der Waals surface area contributed by atoms with Crippen LogP contribution in [0.5, 0.6) is 0 Å². The third-order valence-electron chi connectivity index (χ3n) is 3.45. The van der Waals surface area contributed by atoms with Gasteiger partial charge in [-0.2, -0.15) is 0 Å². The van der Waals surface area contributed by atoms with Crippen LogP contribution in [0, 0.1) is 0 Å². The van der Waals surface area contributed by atoms with Crippen molar-refractivity contribution < 1.29 is 4.79 Å². The van der Waals surface area contributed by atoms with Gasteiger partial charge in [0.25, 0.3) is 0 Å². The number of piperidine rings is 1. The molecule has 1 aromatic carbocycles. The fraction of sp³-hybridized carbons (Fsp3) is 0.500. The van der Waals surface area contributed by atoms with E-state index in [0.29, 0.717) is 12.6 Å². The Morgan fingerprint density at radius 1 is 1.44 bits per heavy atom. The second-order valence-corrected chi connectivity index (χ2v) is 5.64. The van der Waals surface area contributed by atoms with Gasteiger partial charge < -0.3 is 10.2 Å². The van der Waals surface area contributed by atoms with E-state index in [1.807, 2.05) is 29.2 Å². The van der Waals surface area contributed by atoms with Crippen LogP contribution < -0.4 is 5.32 Å². The maximum absolute atomic E-state index is 12.1. The molecule has 2 amide bonds. The van der Waals surface area contributed by atoms with Crippen molar-refractivity contribution >= 4 is 22.0 Å². The van der Waals surface area contributed by atoms with Crippen LogP contribution in [-0.4, -0.2) is 23.5 Å². The molecular weight excluding hydrogens is 292 g/mol. The lowest BCUT2D eigenvalue weighted by atomic mass is 10.0. The quantitative estimate of drug-likeness (QED) is 0.890. The molecule has 0 aliphatic carbocycles. The van der Waals surface area contributed by atoms with Gasteiger partial charge in [0.15, 0.2) is 0 Å². The summed E-state index contributed by atoms with van der Waals surface area (Å²) in [5.41, 5.74) is 1.11. The number of halogens is 1. The van der Waals surface area contributed by atoms with E-state index in [-0.39, 0.29) is 6.03 Å². The van der Waals surface area contributed by atoms with Crippen molar-refractivity contribution in [2.24, 2.45) is 0 Å². The van der Waals surface area contributed by atoms with Crippen molar-refractivity contribution in [3.05, 3.63) is 34.3 Å². The maximum Gasteiger partial charge on any atom is 0.317 e. The highest BCUT2D eigenvalue weighted by molar-refractivity contribution is 9.10. The smallest absolute Gasteiger partial charge is 0.317 e. The topological polar surface area (TPSA) is 32.3 Å². The number of carbonyl (C=O) groups is 1. The summed E-state index contributed by atoms with van der Waals surface area (Å²) in [6.45, 7) is 3.57. The van der Waals surface area contributed by atoms with Crippen molar-refractivity contribution in [3.8, 4) is 0 Å². The Labute approximate surface area is 117 Å². The molecule has 0 bridgehead atoms. The summed E-state index contributed by atoms with van der Waals surface area (Å²) in [7, 11) is 0. The fourth-order valence-corrected chi connectivity index (χ4v) is 2.74. The van der Waals surface area contributed by atoms with Gasteiger partial charge in [-0.05, 0) is 37.8 Å². The van der Waals surface area contributed by atoms with Gasteiger partial charge in [0, 0.05) is 23.6 Å². The van der Waals surface area contributed by atoms with E-state index in [9.17, 15) is 4.79 Å². The lowest BCUT2D eigenvalue weighted by Crippen LogP contribution is -2.47. The molecule has 1 aromatic rings. The molecule has 0 saturated carbocycles. The Morgan fingerprint density at radius 2 is 2.22 bits per heavy atom. The summed E-state index contributed by atoms with van der Waals surface area (Å²) in [4.78, 5) is 14.0. The van der Waals surface area contributed by atoms with Crippen LogP contribution in [0.15, 0.2) is 28.7 Å². The molecule has 0 spiro atoms. The normalized spacial score (nSPS) is 19.7. The monoisotopic (exact) mass is 310 g/mol. The molecule has 1 saturated heterocycles. The van der Waals surface area contributed by atoms with Crippen molar-refractivity contribution in [1.82, 2.24) is 10.2 Å². The maximum atomic E-state index is 12.1. The number of hydrogen-bond acceptors (Lipinski definition) is 1. The van der Waals surface area contributed by atoms with Gasteiger partial charge in [0.1, 0.15) is 0 Å². The molecule has 1 atom stereocenters. The molecule has 1 aliphatic heterocycles. The Bertz CT molecular complexity index is 422. The third-order valence-corrected chi connectivity index (χ3v) is 4.23. The first-order valence-electron chi connectivity index (χ1n) is 6.46. The zero-order valence-corrected chi connectivity index (χ0v) is 12.2. The molecule has 0 aromatic heterocycles. The molecule has 1 fully saturated rings. The summed E-state index contributed by atoms with van der Waals surface area (Å²) >= 11 is 3.49. The Morgan fingerprint density at radius 3 is 2.94 bits per heavy atom. The Kier molecular flexibility index (Phi) is 4.64. The molecule has 18 heavy (non-hydrogen) atoms. The summed E-state index contributed by atoms with van der Waals surface area (Å²) in [6.07, 6.45) is 3.46. The molecule has 1 aliphatic rings. The molecule has 1 N–H and O–H groups in total. The molecular formula is C14H19BrN2O. The number of urea groups is 1. The number of nitrogens with zero attached hydrogens (tertiary/aromatic N) is 1. The van der Waals surface area contributed by atoms with Crippen molar-refractivity contribution in [2.75, 3.05) is 6.54 Å². The predicted octanol–water partition coefficient (Wildman–Crippen LogP) is 3.53. The van der Waals surface area contributed by atoms with Crippen LogP contribution in [0.1, 0.15) is 31.7 Å².